The predicted octanol–water partition coefficient (Wildman–Crippen LogP) is -0.567. The van der Waals surface area contributed by atoms with Crippen LogP contribution in [0.2, 0.25) is 0 Å². The lowest BCUT2D eigenvalue weighted by molar-refractivity contribution is -0.130. The lowest BCUT2D eigenvalue weighted by atomic mass is 10.6. The van der Waals surface area contributed by atoms with Gasteiger partial charge in [0.1, 0.15) is 0 Å². The molecule has 0 saturated carbocycles. The molecule has 1 heterocycles. The fraction of sp³-hybridized carbons (Fsp3) is 0. The maximum absolute atomic E-state index is 10.5. The minimum atomic E-state index is -0.368. The zero-order chi connectivity index (χ0) is 6.85. The topological polar surface area (TPSA) is 63.4 Å². The summed E-state index contributed by atoms with van der Waals surface area (Å²) >= 11 is 0.620. The summed E-state index contributed by atoms with van der Waals surface area (Å²) in [6.45, 7) is 0. The van der Waals surface area contributed by atoms with Gasteiger partial charge in [-0.05, 0) is 0 Å². The van der Waals surface area contributed by atoms with Crippen LogP contribution >= 0.6 is 12.1 Å². The second kappa shape index (κ2) is 2.20. The Hall–Kier alpha value is -0.810. The van der Waals surface area contributed by atoms with Crippen molar-refractivity contribution in [1.82, 2.24) is 4.31 Å². The van der Waals surface area contributed by atoms with Crippen LogP contribution in [0.5, 0.6) is 0 Å². The summed E-state index contributed by atoms with van der Waals surface area (Å²) in [6, 6.07) is 0. The smallest absolute Gasteiger partial charge is 0.264 e. The van der Waals surface area contributed by atoms with Crippen molar-refractivity contribution < 1.29 is 9.59 Å². The third kappa shape index (κ3) is 0.962. The van der Waals surface area contributed by atoms with Crippen LogP contribution in [0.1, 0.15) is 0 Å². The van der Waals surface area contributed by atoms with E-state index in [-0.39, 0.29) is 11.8 Å². The molecule has 0 atom stereocenters. The molecule has 1 aliphatic rings. The monoisotopic (exact) mass is 144 g/mol. The molecule has 0 radical (unpaired) electrons. The van der Waals surface area contributed by atoms with Gasteiger partial charge < -0.3 is 0 Å². The Labute approximate surface area is 56.0 Å². The number of amides is 2. The summed E-state index contributed by atoms with van der Waals surface area (Å²) in [6.07, 6.45) is 2.37. The summed E-state index contributed by atoms with van der Waals surface area (Å²) in [5.74, 6) is -0.736. The normalized spacial score (nSPS) is 17.7. The van der Waals surface area contributed by atoms with Crippen LogP contribution in [0.25, 0.3) is 0 Å². The molecule has 1 aliphatic heterocycles. The third-order valence-electron chi connectivity index (χ3n) is 0.874. The van der Waals surface area contributed by atoms with Gasteiger partial charge >= 0.3 is 0 Å². The Morgan fingerprint density at radius 2 is 1.78 bits per heavy atom. The second-order valence-electron chi connectivity index (χ2n) is 1.41. The van der Waals surface area contributed by atoms with E-state index < -0.39 is 0 Å². The summed E-state index contributed by atoms with van der Waals surface area (Å²) in [5, 5.41) is 4.98. The van der Waals surface area contributed by atoms with Gasteiger partial charge in [0.05, 0.1) is 0 Å². The van der Waals surface area contributed by atoms with E-state index >= 15 is 0 Å². The van der Waals surface area contributed by atoms with E-state index in [1.54, 1.807) is 0 Å². The largest absolute Gasteiger partial charge is 0.268 e. The Morgan fingerprint density at radius 3 is 2.00 bits per heavy atom. The molecule has 2 amide bonds. The maximum atomic E-state index is 10.5. The van der Waals surface area contributed by atoms with Gasteiger partial charge in [-0.3, -0.25) is 14.7 Å². The first-order chi connectivity index (χ1) is 4.25. The molecule has 0 saturated heterocycles. The van der Waals surface area contributed by atoms with E-state index in [0.717, 1.165) is 4.31 Å². The van der Waals surface area contributed by atoms with E-state index in [1.165, 1.54) is 12.2 Å². The van der Waals surface area contributed by atoms with Gasteiger partial charge in [-0.25, -0.2) is 4.31 Å². The van der Waals surface area contributed by atoms with Crippen molar-refractivity contribution in [2.45, 2.75) is 0 Å². The van der Waals surface area contributed by atoms with Gasteiger partial charge in [-0.2, -0.15) is 0 Å². The maximum Gasteiger partial charge on any atom is 0.264 e. The highest BCUT2D eigenvalue weighted by atomic mass is 32.2. The number of nitrogens with zero attached hydrogens (tertiary/aromatic N) is 1. The highest BCUT2D eigenvalue weighted by Crippen LogP contribution is 2.09. The van der Waals surface area contributed by atoms with Crippen molar-refractivity contribution in [3.8, 4) is 0 Å². The minimum absolute atomic E-state index is 0.368. The van der Waals surface area contributed by atoms with Gasteiger partial charge in [-0.1, -0.05) is 0 Å². The Morgan fingerprint density at radius 1 is 1.33 bits per heavy atom. The quantitative estimate of drug-likeness (QED) is 0.395. The van der Waals surface area contributed by atoms with Crippen LogP contribution in [0.3, 0.4) is 0 Å². The van der Waals surface area contributed by atoms with Crippen LogP contribution in [-0.2, 0) is 9.59 Å². The molecule has 48 valence electrons. The summed E-state index contributed by atoms with van der Waals surface area (Å²) < 4.78 is 0.875. The Balaban J connectivity index is 2.75. The number of nitrogens with two attached hydrogens (primary N) is 1. The molecule has 0 bridgehead atoms. The molecule has 0 aromatic heterocycles. The van der Waals surface area contributed by atoms with Crippen molar-refractivity contribution in [2.24, 2.45) is 5.14 Å². The molecule has 0 aromatic carbocycles. The van der Waals surface area contributed by atoms with E-state index in [4.69, 9.17) is 5.14 Å². The van der Waals surface area contributed by atoms with Gasteiger partial charge in [0.15, 0.2) is 0 Å². The lowest BCUT2D eigenvalue weighted by Gasteiger charge is -2.05. The van der Waals surface area contributed by atoms with Crippen LogP contribution in [-0.4, -0.2) is 16.1 Å². The van der Waals surface area contributed by atoms with Crippen LogP contribution < -0.4 is 5.14 Å². The summed E-state index contributed by atoms with van der Waals surface area (Å²) in [4.78, 5) is 21.1. The van der Waals surface area contributed by atoms with E-state index in [2.05, 4.69) is 0 Å². The number of carbonyl (C=O) groups is 2. The number of hydrogen-bond acceptors (Lipinski definition) is 4. The lowest BCUT2D eigenvalue weighted by Crippen LogP contribution is -2.24. The third-order valence-corrected chi connectivity index (χ3v) is 1.44. The number of carbonyl (C=O) groups excluding carboxylic acids is 2. The number of rotatable bonds is 1. The average Bonchev–Trinajstić information content (AvgIpc) is 2.12. The van der Waals surface area contributed by atoms with E-state index in [1.807, 2.05) is 0 Å². The van der Waals surface area contributed by atoms with Crippen LogP contribution in [0.15, 0.2) is 12.2 Å². The Kier molecular flexibility index (Phi) is 1.54. The predicted molar refractivity (Wildman–Crippen MR) is 32.8 cm³/mol. The van der Waals surface area contributed by atoms with Crippen molar-refractivity contribution in [2.75, 3.05) is 0 Å². The van der Waals surface area contributed by atoms with E-state index in [0.29, 0.717) is 12.1 Å². The van der Waals surface area contributed by atoms with Crippen molar-refractivity contribution in [3.63, 3.8) is 0 Å². The summed E-state index contributed by atoms with van der Waals surface area (Å²) in [7, 11) is 0. The first kappa shape index (κ1) is 6.31. The van der Waals surface area contributed by atoms with E-state index in [9.17, 15) is 9.59 Å². The van der Waals surface area contributed by atoms with Crippen molar-refractivity contribution in [3.05, 3.63) is 12.2 Å². The minimum Gasteiger partial charge on any atom is -0.268 e. The number of imide groups is 1. The molecule has 5 heteroatoms. The van der Waals surface area contributed by atoms with Gasteiger partial charge in [0.25, 0.3) is 11.8 Å². The van der Waals surface area contributed by atoms with Gasteiger partial charge in [0, 0.05) is 24.3 Å². The molecule has 4 nitrogen and oxygen atoms in total. The SMILES string of the molecule is NSN1C(=O)C=CC1=O. The molecule has 0 aromatic rings. The Bertz CT molecular complexity index is 171. The summed E-state index contributed by atoms with van der Waals surface area (Å²) in [5.41, 5.74) is 0. The average molecular weight is 144 g/mol. The standard InChI is InChI=1S/C4H4N2O2S/c5-9-6-3(7)1-2-4(6)8/h1-2H,5H2. The highest BCUT2D eigenvalue weighted by Gasteiger charge is 2.22. The van der Waals surface area contributed by atoms with Crippen molar-refractivity contribution >= 4 is 23.9 Å². The molecule has 0 aliphatic carbocycles. The molecule has 1 rings (SSSR count). The molecular formula is C4H4N2O2S. The molecule has 0 spiro atoms. The van der Waals surface area contributed by atoms with Gasteiger partial charge in [0.2, 0.25) is 0 Å². The van der Waals surface area contributed by atoms with Gasteiger partial charge in [-0.15, -0.1) is 0 Å². The molecule has 0 fully saturated rings. The zero-order valence-corrected chi connectivity index (χ0v) is 5.22. The second-order valence-corrected chi connectivity index (χ2v) is 1.99. The first-order valence-electron chi connectivity index (χ1n) is 2.18. The highest BCUT2D eigenvalue weighted by molar-refractivity contribution is 7.95. The molecule has 0 unspecified atom stereocenters. The molecule has 9 heavy (non-hydrogen) atoms. The molecule has 2 N–H and O–H groups in total. The zero-order valence-electron chi connectivity index (χ0n) is 4.40. The fourth-order valence-electron chi connectivity index (χ4n) is 0.490. The van der Waals surface area contributed by atoms with Crippen LogP contribution in [0, 0.1) is 0 Å². The van der Waals surface area contributed by atoms with Crippen molar-refractivity contribution in [1.29, 1.82) is 0 Å². The van der Waals surface area contributed by atoms with Crippen LogP contribution in [0.4, 0.5) is 0 Å². The fourth-order valence-corrected chi connectivity index (χ4v) is 0.820. The number of hydrogen-bond donors (Lipinski definition) is 1. The molecular weight excluding hydrogens is 140 g/mol. The first-order valence-corrected chi connectivity index (χ1v) is 3.02.